The minimum Gasteiger partial charge on any atom is -0.496 e. The van der Waals surface area contributed by atoms with Crippen molar-refractivity contribution in [1.29, 1.82) is 0 Å². The first-order chi connectivity index (χ1) is 14.6. The monoisotopic (exact) mass is 479 g/mol. The van der Waals surface area contributed by atoms with Gasteiger partial charge in [0.05, 0.1) is 12.7 Å². The van der Waals surface area contributed by atoms with Gasteiger partial charge < -0.3 is 9.15 Å². The van der Waals surface area contributed by atoms with Gasteiger partial charge in [-0.25, -0.2) is 0 Å². The van der Waals surface area contributed by atoms with Gasteiger partial charge in [-0.3, -0.25) is 4.79 Å². The molecule has 8 heteroatoms. The molecule has 0 N–H and O–H groups in total. The first-order valence-corrected chi connectivity index (χ1v) is 10.6. The summed E-state index contributed by atoms with van der Waals surface area (Å²) in [5, 5.41) is 4.38. The van der Waals surface area contributed by atoms with Gasteiger partial charge in [0.25, 0.3) is 5.56 Å². The zero-order chi connectivity index (χ0) is 20.7. The van der Waals surface area contributed by atoms with E-state index in [2.05, 4.69) is 26.0 Å². The van der Waals surface area contributed by atoms with E-state index in [0.29, 0.717) is 26.8 Å². The van der Waals surface area contributed by atoms with Crippen LogP contribution in [0.4, 0.5) is 0 Å². The smallest absolute Gasteiger partial charge is 0.291 e. The third kappa shape index (κ3) is 3.34. The van der Waals surface area contributed by atoms with E-state index < -0.39 is 0 Å². The second-order valence-electron chi connectivity index (χ2n) is 6.46. The van der Waals surface area contributed by atoms with Crippen LogP contribution in [-0.4, -0.2) is 21.7 Å². The van der Waals surface area contributed by atoms with Crippen molar-refractivity contribution in [2.24, 2.45) is 0 Å². The summed E-state index contributed by atoms with van der Waals surface area (Å²) in [6, 6.07) is 19.0. The summed E-state index contributed by atoms with van der Waals surface area (Å²) < 4.78 is 14.1. The molecule has 0 fully saturated rings. The first-order valence-electron chi connectivity index (χ1n) is 9.03. The molecule has 0 radical (unpaired) electrons. The Hall–Kier alpha value is -3.23. The van der Waals surface area contributed by atoms with E-state index in [-0.39, 0.29) is 5.56 Å². The molecule has 0 unspecified atom stereocenters. The number of benzene rings is 2. The maximum atomic E-state index is 12.8. The largest absolute Gasteiger partial charge is 0.496 e. The number of rotatable bonds is 4. The molecule has 3 heterocycles. The van der Waals surface area contributed by atoms with Gasteiger partial charge in [-0.05, 0) is 36.4 Å². The van der Waals surface area contributed by atoms with Crippen LogP contribution in [0.5, 0.6) is 5.75 Å². The molecule has 0 spiro atoms. The van der Waals surface area contributed by atoms with Crippen molar-refractivity contribution in [3.05, 3.63) is 85.8 Å². The fourth-order valence-corrected chi connectivity index (χ4v) is 4.42. The molecule has 0 atom stereocenters. The lowest BCUT2D eigenvalue weighted by atomic mass is 10.2. The van der Waals surface area contributed by atoms with Crippen molar-refractivity contribution >= 4 is 38.3 Å². The van der Waals surface area contributed by atoms with Crippen LogP contribution in [0, 0.1) is 0 Å². The maximum absolute atomic E-state index is 12.8. The van der Waals surface area contributed by atoms with Crippen molar-refractivity contribution in [2.75, 3.05) is 7.11 Å². The average molecular weight is 480 g/mol. The summed E-state index contributed by atoms with van der Waals surface area (Å²) in [6.45, 7) is 0. The van der Waals surface area contributed by atoms with Gasteiger partial charge in [-0.2, -0.15) is 9.50 Å². The third-order valence-corrected chi connectivity index (χ3v) is 5.99. The molecule has 5 rings (SSSR count). The quantitative estimate of drug-likeness (QED) is 0.382. The second kappa shape index (κ2) is 7.55. The summed E-state index contributed by atoms with van der Waals surface area (Å²) in [7, 11) is 1.59. The van der Waals surface area contributed by atoms with Crippen LogP contribution in [0.3, 0.4) is 0 Å². The van der Waals surface area contributed by atoms with Crippen LogP contribution in [0.15, 0.2) is 74.3 Å². The molecule has 2 aromatic carbocycles. The SMILES string of the molecule is COc1ccccc1-c1nc2s/c(=C\c3ccc(-c4cccc(Br)c4)o3)c(=O)n2n1. The Kier molecular flexibility index (Phi) is 4.72. The van der Waals surface area contributed by atoms with Crippen molar-refractivity contribution in [2.45, 2.75) is 0 Å². The number of halogens is 1. The Morgan fingerprint density at radius 2 is 2.00 bits per heavy atom. The summed E-state index contributed by atoms with van der Waals surface area (Å²) >= 11 is 4.73. The highest BCUT2D eigenvalue weighted by Crippen LogP contribution is 2.27. The Balaban J connectivity index is 1.53. The van der Waals surface area contributed by atoms with E-state index in [0.717, 1.165) is 21.4 Å². The molecular weight excluding hydrogens is 466 g/mol. The maximum Gasteiger partial charge on any atom is 0.291 e. The summed E-state index contributed by atoms with van der Waals surface area (Å²) in [6.07, 6.45) is 1.72. The topological polar surface area (TPSA) is 69.6 Å². The lowest BCUT2D eigenvalue weighted by molar-refractivity contribution is 0.416. The van der Waals surface area contributed by atoms with Crippen molar-refractivity contribution < 1.29 is 9.15 Å². The number of para-hydroxylation sites is 1. The van der Waals surface area contributed by atoms with E-state index in [1.54, 1.807) is 13.2 Å². The first kappa shape index (κ1) is 18.8. The molecule has 5 aromatic rings. The predicted octanol–water partition coefficient (Wildman–Crippen LogP) is 4.40. The van der Waals surface area contributed by atoms with Crippen LogP contribution in [0.2, 0.25) is 0 Å². The molecule has 148 valence electrons. The number of fused-ring (bicyclic) bond motifs is 1. The molecule has 0 saturated carbocycles. The number of hydrogen-bond donors (Lipinski definition) is 0. The number of methoxy groups -OCH3 is 1. The molecule has 0 aliphatic rings. The Morgan fingerprint density at radius 3 is 2.80 bits per heavy atom. The molecule has 0 aliphatic carbocycles. The molecule has 0 saturated heterocycles. The van der Waals surface area contributed by atoms with Crippen LogP contribution >= 0.6 is 27.3 Å². The van der Waals surface area contributed by atoms with Gasteiger partial charge in [0.2, 0.25) is 4.96 Å². The lowest BCUT2D eigenvalue weighted by Crippen LogP contribution is -2.23. The summed E-state index contributed by atoms with van der Waals surface area (Å²) in [5.41, 5.74) is 1.46. The number of furan rings is 1. The van der Waals surface area contributed by atoms with E-state index in [1.165, 1.54) is 15.9 Å². The molecular formula is C22H14BrN3O3S. The standard InChI is InChI=1S/C22H14BrN3O3S/c1-28-18-8-3-2-7-16(18)20-24-22-26(25-20)21(27)19(30-22)12-15-9-10-17(29-15)13-5-4-6-14(23)11-13/h2-12H,1H3/b19-12-. The normalized spacial score (nSPS) is 12.0. The number of nitrogens with zero attached hydrogens (tertiary/aromatic N) is 3. The van der Waals surface area contributed by atoms with Crippen LogP contribution in [0.1, 0.15) is 5.76 Å². The van der Waals surface area contributed by atoms with Crippen molar-refractivity contribution in [3.8, 4) is 28.5 Å². The molecule has 0 bridgehead atoms. The zero-order valence-corrected chi connectivity index (χ0v) is 18.1. The molecule has 3 aromatic heterocycles. The van der Waals surface area contributed by atoms with E-state index >= 15 is 0 Å². The minimum atomic E-state index is -0.232. The van der Waals surface area contributed by atoms with Gasteiger partial charge in [-0.15, -0.1) is 5.10 Å². The molecule has 0 aliphatic heterocycles. The average Bonchev–Trinajstić information content (AvgIpc) is 3.46. The number of thiazole rings is 1. The van der Waals surface area contributed by atoms with Gasteiger partial charge in [0.1, 0.15) is 21.8 Å². The molecule has 30 heavy (non-hydrogen) atoms. The molecule has 0 amide bonds. The highest BCUT2D eigenvalue weighted by atomic mass is 79.9. The van der Waals surface area contributed by atoms with E-state index in [9.17, 15) is 4.79 Å². The predicted molar refractivity (Wildman–Crippen MR) is 120 cm³/mol. The zero-order valence-electron chi connectivity index (χ0n) is 15.7. The van der Waals surface area contributed by atoms with Crippen molar-refractivity contribution in [3.63, 3.8) is 0 Å². The summed E-state index contributed by atoms with van der Waals surface area (Å²) in [4.78, 5) is 17.8. The van der Waals surface area contributed by atoms with Crippen molar-refractivity contribution in [1.82, 2.24) is 14.6 Å². The fourth-order valence-electron chi connectivity index (χ4n) is 3.13. The highest BCUT2D eigenvalue weighted by Gasteiger charge is 2.15. The number of hydrogen-bond acceptors (Lipinski definition) is 6. The summed E-state index contributed by atoms with van der Waals surface area (Å²) in [5.74, 6) is 2.44. The number of aromatic nitrogens is 3. The van der Waals surface area contributed by atoms with Crippen LogP contribution < -0.4 is 14.8 Å². The Labute approximate surface area is 183 Å². The fraction of sp³-hybridized carbons (Fsp3) is 0.0455. The van der Waals surface area contributed by atoms with Gasteiger partial charge in [0, 0.05) is 16.1 Å². The highest BCUT2D eigenvalue weighted by molar-refractivity contribution is 9.10. The van der Waals surface area contributed by atoms with Crippen LogP contribution in [0.25, 0.3) is 33.7 Å². The third-order valence-electron chi connectivity index (χ3n) is 4.54. The molecule has 6 nitrogen and oxygen atoms in total. The van der Waals surface area contributed by atoms with Crippen LogP contribution in [-0.2, 0) is 0 Å². The van der Waals surface area contributed by atoms with Gasteiger partial charge in [-0.1, -0.05) is 51.5 Å². The minimum absolute atomic E-state index is 0.232. The lowest BCUT2D eigenvalue weighted by Gasteiger charge is -2.03. The second-order valence-corrected chi connectivity index (χ2v) is 8.38. The van der Waals surface area contributed by atoms with E-state index in [1.807, 2.05) is 60.7 Å². The van der Waals surface area contributed by atoms with Gasteiger partial charge in [0.15, 0.2) is 5.82 Å². The Morgan fingerprint density at radius 1 is 1.13 bits per heavy atom. The Bertz CT molecular complexity index is 1490. The number of ether oxygens (including phenoxy) is 1. The van der Waals surface area contributed by atoms with E-state index in [4.69, 9.17) is 9.15 Å². The van der Waals surface area contributed by atoms with Gasteiger partial charge >= 0.3 is 0 Å².